The lowest BCUT2D eigenvalue weighted by Gasteiger charge is -2.12. The normalized spacial score (nSPS) is 12.0. The van der Waals surface area contributed by atoms with Gasteiger partial charge < -0.3 is 20.1 Å². The first kappa shape index (κ1) is 20.7. The van der Waals surface area contributed by atoms with E-state index < -0.39 is 0 Å². The molecule has 31 heavy (non-hydrogen) atoms. The van der Waals surface area contributed by atoms with E-state index in [-0.39, 0.29) is 25.2 Å². The number of ether oxygens (including phenoxy) is 2. The van der Waals surface area contributed by atoms with Crippen molar-refractivity contribution >= 4 is 29.1 Å². The second kappa shape index (κ2) is 8.69. The van der Waals surface area contributed by atoms with Crippen LogP contribution in [0.15, 0.2) is 42.5 Å². The number of nitrogens with one attached hydrogen (secondary N) is 2. The molecule has 1 aliphatic rings. The summed E-state index contributed by atoms with van der Waals surface area (Å²) in [7, 11) is 0. The van der Waals surface area contributed by atoms with E-state index in [0.29, 0.717) is 45.7 Å². The summed E-state index contributed by atoms with van der Waals surface area (Å²) in [4.78, 5) is 25.3. The molecular weight excluding hydrogens is 420 g/mol. The van der Waals surface area contributed by atoms with Gasteiger partial charge in [0.05, 0.1) is 27.7 Å². The third-order valence-electron chi connectivity index (χ3n) is 4.92. The zero-order valence-corrected chi connectivity index (χ0v) is 17.8. The van der Waals surface area contributed by atoms with E-state index in [9.17, 15) is 9.59 Å². The van der Waals surface area contributed by atoms with Crippen LogP contribution < -0.4 is 20.1 Å². The Morgan fingerprint density at radius 1 is 1.13 bits per heavy atom. The summed E-state index contributed by atoms with van der Waals surface area (Å²) in [6.45, 7) is 4.08. The molecule has 0 spiro atoms. The topological polar surface area (TPSA) is 94.5 Å². The second-order valence-electron chi connectivity index (χ2n) is 7.11. The van der Waals surface area contributed by atoms with Gasteiger partial charge >= 0.3 is 0 Å². The van der Waals surface area contributed by atoms with Crippen molar-refractivity contribution < 1.29 is 19.1 Å². The summed E-state index contributed by atoms with van der Waals surface area (Å²) in [6.07, 6.45) is 0. The smallest absolute Gasteiger partial charge is 0.253 e. The first-order chi connectivity index (χ1) is 14.9. The molecule has 0 saturated heterocycles. The quantitative estimate of drug-likeness (QED) is 0.612. The van der Waals surface area contributed by atoms with E-state index in [1.807, 2.05) is 18.2 Å². The van der Waals surface area contributed by atoms with Crippen LogP contribution in [0.5, 0.6) is 11.5 Å². The second-order valence-corrected chi connectivity index (χ2v) is 7.48. The maximum absolute atomic E-state index is 12.8. The molecule has 0 aliphatic carbocycles. The first-order valence-corrected chi connectivity index (χ1v) is 10.1. The third kappa shape index (κ3) is 4.49. The minimum absolute atomic E-state index is 0.00740. The Balaban J connectivity index is 1.42. The predicted octanol–water partition coefficient (Wildman–Crippen LogP) is 3.45. The van der Waals surface area contributed by atoms with E-state index in [1.165, 1.54) is 4.68 Å². The highest BCUT2D eigenvalue weighted by molar-refractivity contribution is 6.31. The fraction of sp³-hybridized carbons (Fsp3) is 0.227. The van der Waals surface area contributed by atoms with E-state index in [2.05, 4.69) is 15.7 Å². The van der Waals surface area contributed by atoms with Crippen molar-refractivity contribution in [2.24, 2.45) is 0 Å². The van der Waals surface area contributed by atoms with Gasteiger partial charge in [-0.2, -0.15) is 5.10 Å². The Kier molecular flexibility index (Phi) is 5.81. The van der Waals surface area contributed by atoms with Gasteiger partial charge in [0.2, 0.25) is 12.7 Å². The summed E-state index contributed by atoms with van der Waals surface area (Å²) in [5.74, 6) is 0.733. The van der Waals surface area contributed by atoms with E-state index in [1.54, 1.807) is 38.1 Å². The largest absolute Gasteiger partial charge is 0.454 e. The van der Waals surface area contributed by atoms with E-state index >= 15 is 0 Å². The number of hydrogen-bond acceptors (Lipinski definition) is 5. The first-order valence-electron chi connectivity index (χ1n) is 9.67. The number of carbonyl (C=O) groups is 2. The van der Waals surface area contributed by atoms with Gasteiger partial charge in [0.15, 0.2) is 11.5 Å². The van der Waals surface area contributed by atoms with Crippen molar-refractivity contribution in [2.45, 2.75) is 26.9 Å². The van der Waals surface area contributed by atoms with Crippen LogP contribution in [0.2, 0.25) is 5.02 Å². The van der Waals surface area contributed by atoms with Crippen LogP contribution in [-0.2, 0) is 17.9 Å². The monoisotopic (exact) mass is 440 g/mol. The zero-order chi connectivity index (χ0) is 22.0. The Bertz CT molecular complexity index is 1160. The van der Waals surface area contributed by atoms with Crippen LogP contribution in [-0.4, -0.2) is 28.4 Å². The number of fused-ring (bicyclic) bond motifs is 1. The molecular formula is C22H21ClN4O4. The number of anilines is 1. The number of nitrogens with zero attached hydrogens (tertiary/aromatic N) is 2. The van der Waals surface area contributed by atoms with Crippen LogP contribution >= 0.6 is 11.6 Å². The lowest BCUT2D eigenvalue weighted by atomic mass is 10.1. The fourth-order valence-corrected chi connectivity index (χ4v) is 3.41. The molecule has 0 radical (unpaired) electrons. The number of rotatable bonds is 6. The number of aryl methyl sites for hydroxylation is 1. The minimum Gasteiger partial charge on any atom is -0.454 e. The number of amides is 2. The molecule has 0 atom stereocenters. The molecule has 0 bridgehead atoms. The molecule has 2 aromatic carbocycles. The number of para-hydroxylation sites is 1. The van der Waals surface area contributed by atoms with Crippen LogP contribution in [0.4, 0.5) is 5.69 Å². The minimum atomic E-state index is -0.307. The Hall–Kier alpha value is -3.52. The van der Waals surface area contributed by atoms with Gasteiger partial charge in [-0.05, 0) is 43.7 Å². The lowest BCUT2D eigenvalue weighted by Crippen LogP contribution is -2.26. The highest BCUT2D eigenvalue weighted by atomic mass is 35.5. The molecule has 0 unspecified atom stereocenters. The van der Waals surface area contributed by atoms with Gasteiger partial charge in [-0.25, -0.2) is 0 Å². The summed E-state index contributed by atoms with van der Waals surface area (Å²) in [5.41, 5.74) is 3.03. The van der Waals surface area contributed by atoms with Crippen molar-refractivity contribution in [3.05, 3.63) is 70.0 Å². The molecule has 2 amide bonds. The van der Waals surface area contributed by atoms with Crippen molar-refractivity contribution in [3.8, 4) is 11.5 Å². The zero-order valence-electron chi connectivity index (χ0n) is 17.1. The molecule has 8 nitrogen and oxygen atoms in total. The molecule has 1 aliphatic heterocycles. The summed E-state index contributed by atoms with van der Waals surface area (Å²) >= 11 is 6.14. The molecule has 3 aromatic rings. The third-order valence-corrected chi connectivity index (χ3v) is 5.47. The molecule has 2 heterocycles. The average molecular weight is 441 g/mol. The number of halogens is 1. The van der Waals surface area contributed by atoms with Crippen molar-refractivity contribution in [2.75, 3.05) is 12.1 Å². The standard InChI is InChI=1S/C22H21ClN4O4/c1-13-21(23)14(2)27(26-13)11-20(28)25-17-6-4-3-5-16(17)22(29)24-10-15-7-8-18-19(9-15)31-12-30-18/h3-9H,10-12H2,1-2H3,(H,24,29)(H,25,28). The molecule has 0 fully saturated rings. The van der Waals surface area contributed by atoms with Gasteiger partial charge in [0.1, 0.15) is 6.54 Å². The average Bonchev–Trinajstić information content (AvgIpc) is 3.32. The number of benzene rings is 2. The van der Waals surface area contributed by atoms with Gasteiger partial charge in [-0.15, -0.1) is 0 Å². The SMILES string of the molecule is Cc1nn(CC(=O)Nc2ccccc2C(=O)NCc2ccc3c(c2)OCO3)c(C)c1Cl. The van der Waals surface area contributed by atoms with E-state index in [4.69, 9.17) is 21.1 Å². The van der Waals surface area contributed by atoms with Crippen molar-refractivity contribution in [3.63, 3.8) is 0 Å². The van der Waals surface area contributed by atoms with Crippen LogP contribution in [0.25, 0.3) is 0 Å². The Morgan fingerprint density at radius 2 is 1.90 bits per heavy atom. The van der Waals surface area contributed by atoms with E-state index in [0.717, 1.165) is 5.56 Å². The van der Waals surface area contributed by atoms with Gasteiger partial charge in [-0.3, -0.25) is 14.3 Å². The number of carbonyl (C=O) groups excluding carboxylic acids is 2. The number of hydrogen-bond donors (Lipinski definition) is 2. The van der Waals surface area contributed by atoms with Gasteiger partial charge in [0.25, 0.3) is 5.91 Å². The highest BCUT2D eigenvalue weighted by Gasteiger charge is 2.17. The summed E-state index contributed by atoms with van der Waals surface area (Å²) in [6, 6.07) is 12.3. The highest BCUT2D eigenvalue weighted by Crippen LogP contribution is 2.32. The van der Waals surface area contributed by atoms with Crippen molar-refractivity contribution in [1.29, 1.82) is 0 Å². The molecule has 0 saturated carbocycles. The number of aromatic nitrogens is 2. The van der Waals surface area contributed by atoms with Crippen LogP contribution in [0, 0.1) is 13.8 Å². The maximum Gasteiger partial charge on any atom is 0.253 e. The fourth-order valence-electron chi connectivity index (χ4n) is 3.27. The van der Waals surface area contributed by atoms with Crippen molar-refractivity contribution in [1.82, 2.24) is 15.1 Å². The van der Waals surface area contributed by atoms with Gasteiger partial charge in [0, 0.05) is 6.54 Å². The summed E-state index contributed by atoms with van der Waals surface area (Å²) in [5, 5.41) is 10.5. The molecule has 9 heteroatoms. The molecule has 1 aromatic heterocycles. The van der Waals surface area contributed by atoms with Crippen LogP contribution in [0.1, 0.15) is 27.3 Å². The molecule has 4 rings (SSSR count). The Labute approximate surface area is 184 Å². The summed E-state index contributed by atoms with van der Waals surface area (Å²) < 4.78 is 12.2. The predicted molar refractivity (Wildman–Crippen MR) is 116 cm³/mol. The molecule has 160 valence electrons. The Morgan fingerprint density at radius 3 is 2.68 bits per heavy atom. The van der Waals surface area contributed by atoms with Crippen LogP contribution in [0.3, 0.4) is 0 Å². The lowest BCUT2D eigenvalue weighted by molar-refractivity contribution is -0.116. The van der Waals surface area contributed by atoms with Gasteiger partial charge in [-0.1, -0.05) is 29.8 Å². The molecule has 2 N–H and O–H groups in total. The maximum atomic E-state index is 12.8.